The molecule has 2 atom stereocenters. The van der Waals surface area contributed by atoms with Gasteiger partial charge in [0.25, 0.3) is 0 Å². The van der Waals surface area contributed by atoms with Gasteiger partial charge in [0.15, 0.2) is 0 Å². The molecule has 1 saturated carbocycles. The molecule has 1 spiro atoms. The van der Waals surface area contributed by atoms with Crippen LogP contribution in [0.2, 0.25) is 0 Å². The van der Waals surface area contributed by atoms with E-state index in [-0.39, 0.29) is 0 Å². The molecule has 2 fully saturated rings. The Morgan fingerprint density at radius 2 is 1.79 bits per heavy atom. The van der Waals surface area contributed by atoms with Crippen molar-refractivity contribution in [1.29, 1.82) is 0 Å². The van der Waals surface area contributed by atoms with Crippen LogP contribution in [0.25, 0.3) is 0 Å². The molecule has 1 saturated heterocycles. The molecule has 2 N–H and O–H groups in total. The molecule has 24 heavy (non-hydrogen) atoms. The molecule has 2 aromatic rings. The van der Waals surface area contributed by atoms with Gasteiger partial charge in [-0.1, -0.05) is 48.5 Å². The van der Waals surface area contributed by atoms with Crippen LogP contribution in [0, 0.1) is 5.41 Å². The van der Waals surface area contributed by atoms with Crippen molar-refractivity contribution in [2.45, 2.75) is 37.9 Å². The van der Waals surface area contributed by atoms with Crippen molar-refractivity contribution >= 4 is 0 Å². The van der Waals surface area contributed by atoms with Crippen molar-refractivity contribution < 1.29 is 4.74 Å². The van der Waals surface area contributed by atoms with Crippen LogP contribution in [0.3, 0.4) is 0 Å². The third-order valence-electron chi connectivity index (χ3n) is 5.74. The van der Waals surface area contributed by atoms with Gasteiger partial charge in [-0.25, -0.2) is 0 Å². The fourth-order valence-electron chi connectivity index (χ4n) is 4.20. The third-order valence-corrected chi connectivity index (χ3v) is 5.74. The number of hydrogen-bond donors (Lipinski definition) is 2. The second kappa shape index (κ2) is 6.58. The van der Waals surface area contributed by atoms with Gasteiger partial charge in [0, 0.05) is 24.2 Å². The van der Waals surface area contributed by atoms with Crippen molar-refractivity contribution in [2.24, 2.45) is 5.41 Å². The maximum atomic E-state index is 5.51. The second-order valence-electron chi connectivity index (χ2n) is 7.13. The molecule has 126 valence electrons. The standard InChI is InChI=1S/C21H26N2O/c1-24-18-10-6-5-9-17(18)15-23-20-19(16-7-3-2-4-8-16)22-14-13-21(20)11-12-21/h2-10,19-20,22-23H,11-15H2,1H3. The Kier molecular flexibility index (Phi) is 4.30. The van der Waals surface area contributed by atoms with Crippen LogP contribution in [-0.2, 0) is 6.54 Å². The Morgan fingerprint density at radius 3 is 2.54 bits per heavy atom. The molecular formula is C21H26N2O. The van der Waals surface area contributed by atoms with Crippen LogP contribution in [0.4, 0.5) is 0 Å². The molecule has 1 aliphatic carbocycles. The van der Waals surface area contributed by atoms with Gasteiger partial charge in [-0.15, -0.1) is 0 Å². The van der Waals surface area contributed by atoms with Crippen LogP contribution in [0.15, 0.2) is 54.6 Å². The van der Waals surface area contributed by atoms with E-state index >= 15 is 0 Å². The average Bonchev–Trinajstić information content (AvgIpc) is 3.41. The highest BCUT2D eigenvalue weighted by molar-refractivity contribution is 5.33. The molecular weight excluding hydrogens is 296 g/mol. The fourth-order valence-corrected chi connectivity index (χ4v) is 4.20. The predicted molar refractivity (Wildman–Crippen MR) is 97.1 cm³/mol. The topological polar surface area (TPSA) is 33.3 Å². The Hall–Kier alpha value is -1.84. The Balaban J connectivity index is 1.56. The third kappa shape index (κ3) is 2.94. The first-order valence-electron chi connectivity index (χ1n) is 8.96. The molecule has 3 nitrogen and oxygen atoms in total. The Labute approximate surface area is 144 Å². The summed E-state index contributed by atoms with van der Waals surface area (Å²) in [4.78, 5) is 0. The van der Waals surface area contributed by atoms with Crippen LogP contribution < -0.4 is 15.4 Å². The molecule has 0 bridgehead atoms. The van der Waals surface area contributed by atoms with Gasteiger partial charge in [-0.2, -0.15) is 0 Å². The van der Waals surface area contributed by atoms with Gasteiger partial charge in [-0.05, 0) is 42.9 Å². The molecule has 0 radical (unpaired) electrons. The van der Waals surface area contributed by atoms with E-state index in [9.17, 15) is 0 Å². The minimum atomic E-state index is 0.386. The first-order valence-corrected chi connectivity index (χ1v) is 8.96. The molecule has 1 aliphatic heterocycles. The lowest BCUT2D eigenvalue weighted by molar-refractivity contribution is 0.195. The van der Waals surface area contributed by atoms with Crippen molar-refractivity contribution in [2.75, 3.05) is 13.7 Å². The first-order chi connectivity index (χ1) is 11.8. The summed E-state index contributed by atoms with van der Waals surface area (Å²) in [5, 5.41) is 7.62. The van der Waals surface area contributed by atoms with E-state index < -0.39 is 0 Å². The summed E-state index contributed by atoms with van der Waals surface area (Å²) in [5.41, 5.74) is 3.10. The van der Waals surface area contributed by atoms with Crippen molar-refractivity contribution in [1.82, 2.24) is 10.6 Å². The molecule has 3 heteroatoms. The summed E-state index contributed by atoms with van der Waals surface area (Å²) in [7, 11) is 1.75. The van der Waals surface area contributed by atoms with Gasteiger partial charge in [-0.3, -0.25) is 0 Å². The lowest BCUT2D eigenvalue weighted by Crippen LogP contribution is -2.52. The number of hydrogen-bond acceptors (Lipinski definition) is 3. The summed E-state index contributed by atoms with van der Waals surface area (Å²) in [6, 6.07) is 20.0. The zero-order valence-electron chi connectivity index (χ0n) is 14.3. The maximum Gasteiger partial charge on any atom is 0.123 e. The van der Waals surface area contributed by atoms with Crippen molar-refractivity contribution in [3.63, 3.8) is 0 Å². The van der Waals surface area contributed by atoms with Crippen LogP contribution >= 0.6 is 0 Å². The predicted octanol–water partition coefficient (Wildman–Crippen LogP) is 3.67. The lowest BCUT2D eigenvalue weighted by Gasteiger charge is -2.40. The Bertz CT molecular complexity index is 681. The molecule has 0 amide bonds. The van der Waals surface area contributed by atoms with E-state index in [0.717, 1.165) is 18.8 Å². The molecule has 1 heterocycles. The number of para-hydroxylation sites is 1. The van der Waals surface area contributed by atoms with E-state index in [1.165, 1.54) is 30.4 Å². The molecule has 0 aromatic heterocycles. The summed E-state index contributed by atoms with van der Waals surface area (Å²) < 4.78 is 5.51. The molecule has 2 aliphatic rings. The van der Waals surface area contributed by atoms with Gasteiger partial charge in [0.2, 0.25) is 0 Å². The van der Waals surface area contributed by atoms with E-state index in [2.05, 4.69) is 53.1 Å². The maximum absolute atomic E-state index is 5.51. The highest BCUT2D eigenvalue weighted by Crippen LogP contribution is 2.56. The van der Waals surface area contributed by atoms with Crippen LogP contribution in [0.5, 0.6) is 5.75 Å². The summed E-state index contributed by atoms with van der Waals surface area (Å²) in [6.07, 6.45) is 3.98. The zero-order chi connectivity index (χ0) is 16.4. The molecule has 2 aromatic carbocycles. The van der Waals surface area contributed by atoms with Crippen molar-refractivity contribution in [3.05, 3.63) is 65.7 Å². The highest BCUT2D eigenvalue weighted by Gasteiger charge is 2.53. The average molecular weight is 322 g/mol. The van der Waals surface area contributed by atoms with E-state index in [1.54, 1.807) is 7.11 Å². The van der Waals surface area contributed by atoms with Crippen LogP contribution in [0.1, 0.15) is 36.4 Å². The number of methoxy groups -OCH3 is 1. The summed E-state index contributed by atoms with van der Waals surface area (Å²) in [5.74, 6) is 0.967. The van der Waals surface area contributed by atoms with E-state index in [1.807, 2.05) is 12.1 Å². The van der Waals surface area contributed by atoms with Gasteiger partial charge in [0.05, 0.1) is 7.11 Å². The summed E-state index contributed by atoms with van der Waals surface area (Å²) >= 11 is 0. The minimum Gasteiger partial charge on any atom is -0.496 e. The SMILES string of the molecule is COc1ccccc1CNC1C(c2ccccc2)NCCC12CC2. The monoisotopic (exact) mass is 322 g/mol. The smallest absolute Gasteiger partial charge is 0.123 e. The van der Waals surface area contributed by atoms with E-state index in [0.29, 0.717) is 17.5 Å². The highest BCUT2D eigenvalue weighted by atomic mass is 16.5. The lowest BCUT2D eigenvalue weighted by atomic mass is 9.80. The largest absolute Gasteiger partial charge is 0.496 e. The van der Waals surface area contributed by atoms with Gasteiger partial charge >= 0.3 is 0 Å². The fraction of sp³-hybridized carbons (Fsp3) is 0.429. The first kappa shape index (κ1) is 15.7. The normalized spacial score (nSPS) is 24.7. The zero-order valence-corrected chi connectivity index (χ0v) is 14.3. The number of ether oxygens (including phenoxy) is 1. The van der Waals surface area contributed by atoms with Crippen molar-refractivity contribution in [3.8, 4) is 5.75 Å². The number of rotatable bonds is 5. The van der Waals surface area contributed by atoms with Crippen LogP contribution in [-0.4, -0.2) is 19.7 Å². The van der Waals surface area contributed by atoms with E-state index in [4.69, 9.17) is 4.74 Å². The van der Waals surface area contributed by atoms with Gasteiger partial charge in [0.1, 0.15) is 5.75 Å². The second-order valence-corrected chi connectivity index (χ2v) is 7.13. The Morgan fingerprint density at radius 1 is 1.04 bits per heavy atom. The number of nitrogens with one attached hydrogen (secondary N) is 2. The quantitative estimate of drug-likeness (QED) is 0.881. The molecule has 4 rings (SSSR count). The van der Waals surface area contributed by atoms with Gasteiger partial charge < -0.3 is 15.4 Å². The summed E-state index contributed by atoms with van der Waals surface area (Å²) in [6.45, 7) is 1.97. The minimum absolute atomic E-state index is 0.386. The number of piperidine rings is 1. The number of benzene rings is 2. The molecule has 2 unspecified atom stereocenters.